The molecule has 7 nitrogen and oxygen atoms in total. The molecule has 0 saturated carbocycles. The molecule has 0 fully saturated rings. The fraction of sp³-hybridized carbons (Fsp3) is 0.538. The molecular formula is C13H19N3O4. The molecule has 1 atom stereocenters. The van der Waals surface area contributed by atoms with Crippen LogP contribution in [0.4, 0.5) is 11.4 Å². The highest BCUT2D eigenvalue weighted by Crippen LogP contribution is 2.26. The molecule has 0 spiro atoms. The van der Waals surface area contributed by atoms with Gasteiger partial charge in [0.1, 0.15) is 0 Å². The van der Waals surface area contributed by atoms with E-state index in [0.29, 0.717) is 18.0 Å². The molecule has 7 heteroatoms. The molecule has 20 heavy (non-hydrogen) atoms. The first-order valence-electron chi connectivity index (χ1n) is 6.58. The van der Waals surface area contributed by atoms with Crippen LogP contribution in [0.2, 0.25) is 0 Å². The molecule has 0 amide bonds. The van der Waals surface area contributed by atoms with Crippen LogP contribution >= 0.6 is 0 Å². The molecular weight excluding hydrogens is 262 g/mol. The van der Waals surface area contributed by atoms with Crippen LogP contribution in [0.3, 0.4) is 0 Å². The fourth-order valence-electron chi connectivity index (χ4n) is 2.16. The maximum absolute atomic E-state index is 11.0. The van der Waals surface area contributed by atoms with E-state index >= 15 is 0 Å². The molecule has 110 valence electrons. The topological polar surface area (TPSA) is 98.3 Å². The summed E-state index contributed by atoms with van der Waals surface area (Å²) in [5.74, 6) is 0. The van der Waals surface area contributed by atoms with E-state index in [2.05, 4.69) is 12.2 Å². The summed E-state index contributed by atoms with van der Waals surface area (Å²) in [4.78, 5) is 20.5. The van der Waals surface area contributed by atoms with Gasteiger partial charge in [0.25, 0.3) is 11.4 Å². The maximum atomic E-state index is 11.0. The van der Waals surface area contributed by atoms with Crippen LogP contribution in [-0.4, -0.2) is 22.9 Å². The lowest BCUT2D eigenvalue weighted by Crippen LogP contribution is -2.25. The molecule has 0 bridgehead atoms. The molecule has 0 aliphatic heterocycles. The largest absolute Gasteiger partial charge is 0.317 e. The van der Waals surface area contributed by atoms with Crippen molar-refractivity contribution in [3.8, 4) is 0 Å². The highest BCUT2D eigenvalue weighted by Gasteiger charge is 2.19. The lowest BCUT2D eigenvalue weighted by molar-refractivity contribution is -0.394. The number of rotatable bonds is 8. The minimum absolute atomic E-state index is 0.175. The second-order valence-corrected chi connectivity index (χ2v) is 4.64. The van der Waals surface area contributed by atoms with Gasteiger partial charge >= 0.3 is 0 Å². The van der Waals surface area contributed by atoms with Crippen molar-refractivity contribution in [1.29, 1.82) is 0 Å². The van der Waals surface area contributed by atoms with Crippen molar-refractivity contribution in [2.24, 2.45) is 0 Å². The van der Waals surface area contributed by atoms with Gasteiger partial charge in [-0.15, -0.1) is 0 Å². The van der Waals surface area contributed by atoms with Gasteiger partial charge in [-0.1, -0.05) is 13.3 Å². The van der Waals surface area contributed by atoms with Crippen LogP contribution in [-0.2, 0) is 6.42 Å². The second-order valence-electron chi connectivity index (χ2n) is 4.64. The predicted octanol–water partition coefficient (Wildman–Crippen LogP) is 2.82. The Hall–Kier alpha value is -2.02. The van der Waals surface area contributed by atoms with Crippen LogP contribution < -0.4 is 5.32 Å². The van der Waals surface area contributed by atoms with Crippen molar-refractivity contribution in [2.75, 3.05) is 7.05 Å². The van der Waals surface area contributed by atoms with Crippen LogP contribution in [0.1, 0.15) is 31.7 Å². The third-order valence-electron chi connectivity index (χ3n) is 3.28. The van der Waals surface area contributed by atoms with Crippen LogP contribution in [0.5, 0.6) is 0 Å². The van der Waals surface area contributed by atoms with E-state index < -0.39 is 9.85 Å². The summed E-state index contributed by atoms with van der Waals surface area (Å²) in [7, 11) is 1.87. The van der Waals surface area contributed by atoms with Gasteiger partial charge < -0.3 is 5.32 Å². The van der Waals surface area contributed by atoms with Crippen molar-refractivity contribution >= 4 is 11.4 Å². The zero-order valence-electron chi connectivity index (χ0n) is 11.7. The Morgan fingerprint density at radius 2 is 1.90 bits per heavy atom. The van der Waals surface area contributed by atoms with Gasteiger partial charge in [-0.05, 0) is 32.4 Å². The number of aryl methyl sites for hydroxylation is 1. The van der Waals surface area contributed by atoms with Gasteiger partial charge in [-0.2, -0.15) is 0 Å². The number of nitro benzene ring substituents is 2. The first kappa shape index (κ1) is 16.0. The summed E-state index contributed by atoms with van der Waals surface area (Å²) in [6.45, 7) is 2.08. The molecule has 0 aliphatic carbocycles. The van der Waals surface area contributed by atoms with Crippen LogP contribution in [0.15, 0.2) is 18.2 Å². The quantitative estimate of drug-likeness (QED) is 0.583. The lowest BCUT2D eigenvalue weighted by Gasteiger charge is -2.14. The van der Waals surface area contributed by atoms with Crippen molar-refractivity contribution < 1.29 is 9.85 Å². The molecule has 0 saturated heterocycles. The summed E-state index contributed by atoms with van der Waals surface area (Å²) in [6.07, 6.45) is 3.33. The maximum Gasteiger partial charge on any atom is 0.279 e. The number of hydrogen-bond donors (Lipinski definition) is 1. The Kier molecular flexibility index (Phi) is 6.05. The highest BCUT2D eigenvalue weighted by molar-refractivity contribution is 5.49. The Labute approximate surface area is 117 Å². The molecule has 1 aromatic rings. The van der Waals surface area contributed by atoms with E-state index in [0.717, 1.165) is 25.3 Å². The minimum Gasteiger partial charge on any atom is -0.317 e. The van der Waals surface area contributed by atoms with E-state index in [1.54, 1.807) is 0 Å². The summed E-state index contributed by atoms with van der Waals surface area (Å²) in [5, 5.41) is 24.8. The first-order valence-corrected chi connectivity index (χ1v) is 6.58. The molecule has 1 unspecified atom stereocenters. The molecule has 1 N–H and O–H groups in total. The summed E-state index contributed by atoms with van der Waals surface area (Å²) in [6, 6.07) is 4.13. The molecule has 0 heterocycles. The van der Waals surface area contributed by atoms with E-state index in [1.165, 1.54) is 12.1 Å². The van der Waals surface area contributed by atoms with Crippen LogP contribution in [0.25, 0.3) is 0 Å². The number of nitro groups is 2. The predicted molar refractivity (Wildman–Crippen MR) is 75.8 cm³/mol. The minimum atomic E-state index is -0.621. The van der Waals surface area contributed by atoms with Crippen molar-refractivity contribution in [3.63, 3.8) is 0 Å². The second kappa shape index (κ2) is 7.54. The molecule has 1 aromatic carbocycles. The fourth-order valence-corrected chi connectivity index (χ4v) is 2.16. The Morgan fingerprint density at radius 3 is 2.40 bits per heavy atom. The van der Waals surface area contributed by atoms with Crippen molar-refractivity contribution in [1.82, 2.24) is 5.32 Å². The Bertz CT molecular complexity index is 491. The molecule has 0 radical (unpaired) electrons. The van der Waals surface area contributed by atoms with E-state index in [-0.39, 0.29) is 11.4 Å². The van der Waals surface area contributed by atoms with Crippen molar-refractivity contribution in [3.05, 3.63) is 44.0 Å². The zero-order chi connectivity index (χ0) is 15.1. The number of benzene rings is 1. The molecule has 0 aliphatic rings. The van der Waals surface area contributed by atoms with E-state index in [9.17, 15) is 20.2 Å². The summed E-state index contributed by atoms with van der Waals surface area (Å²) >= 11 is 0. The number of nitrogens with zero attached hydrogens (tertiary/aromatic N) is 2. The zero-order valence-corrected chi connectivity index (χ0v) is 11.7. The monoisotopic (exact) mass is 281 g/mol. The van der Waals surface area contributed by atoms with Gasteiger partial charge in [-0.3, -0.25) is 20.2 Å². The SMILES string of the molecule is CCCC(CCc1ccc([N+](=O)[O-])cc1[N+](=O)[O-])NC. The summed E-state index contributed by atoms with van der Waals surface area (Å²) < 4.78 is 0. The van der Waals surface area contributed by atoms with E-state index in [1.807, 2.05) is 7.05 Å². The van der Waals surface area contributed by atoms with Crippen molar-refractivity contribution in [2.45, 2.75) is 38.6 Å². The first-order chi connectivity index (χ1) is 9.49. The van der Waals surface area contributed by atoms with Gasteiger partial charge in [0, 0.05) is 17.7 Å². The number of nitrogens with one attached hydrogen (secondary N) is 1. The molecule has 1 rings (SSSR count). The van der Waals surface area contributed by atoms with Gasteiger partial charge in [0.15, 0.2) is 0 Å². The number of non-ortho nitro benzene ring substituents is 1. The lowest BCUT2D eigenvalue weighted by atomic mass is 10.0. The number of hydrogen-bond acceptors (Lipinski definition) is 5. The Morgan fingerprint density at radius 1 is 1.20 bits per heavy atom. The van der Waals surface area contributed by atoms with Gasteiger partial charge in [0.2, 0.25) is 0 Å². The van der Waals surface area contributed by atoms with Crippen LogP contribution in [0, 0.1) is 20.2 Å². The third-order valence-corrected chi connectivity index (χ3v) is 3.28. The standard InChI is InChI=1S/C13H19N3O4/c1-3-4-11(14-2)7-5-10-6-8-12(15(17)18)9-13(10)16(19)20/h6,8-9,11,14H,3-5,7H2,1-2H3. The smallest absolute Gasteiger partial charge is 0.279 e. The average Bonchev–Trinajstić information content (AvgIpc) is 2.42. The highest BCUT2D eigenvalue weighted by atomic mass is 16.6. The van der Waals surface area contributed by atoms with E-state index in [4.69, 9.17) is 0 Å². The Balaban J connectivity index is 2.89. The van der Waals surface area contributed by atoms with Gasteiger partial charge in [-0.25, -0.2) is 0 Å². The molecule has 0 aromatic heterocycles. The summed E-state index contributed by atoms with van der Waals surface area (Å²) in [5.41, 5.74) is 0.113. The average molecular weight is 281 g/mol. The van der Waals surface area contributed by atoms with Gasteiger partial charge in [0.05, 0.1) is 15.9 Å². The third kappa shape index (κ3) is 4.27. The normalized spacial score (nSPS) is 12.1.